The van der Waals surface area contributed by atoms with Crippen LogP contribution in [0.2, 0.25) is 0 Å². The predicted molar refractivity (Wildman–Crippen MR) is 66.1 cm³/mol. The summed E-state index contributed by atoms with van der Waals surface area (Å²) in [6.45, 7) is 4.11. The van der Waals surface area contributed by atoms with Gasteiger partial charge in [-0.25, -0.2) is 0 Å². The third kappa shape index (κ3) is 1.03. The highest BCUT2D eigenvalue weighted by atomic mass is 32.2. The first-order valence-corrected chi connectivity index (χ1v) is 7.84. The minimum Gasteiger partial charge on any atom is -0.449 e. The average molecular weight is 268 g/mol. The SMILES string of the molecule is CC(C)Sc1oc(N)nc1-c1oc2c3c1P23=O. The molecule has 0 amide bonds. The maximum absolute atomic E-state index is 11.9. The summed E-state index contributed by atoms with van der Waals surface area (Å²) in [4.78, 5) is 4.13. The Hall–Kier alpha value is -1.13. The van der Waals surface area contributed by atoms with Gasteiger partial charge in [-0.05, 0) is 0 Å². The molecule has 2 aromatic rings. The molecule has 0 saturated carbocycles. The number of thioether (sulfide) groups is 1. The molecular formula is C10H9N2O3PS. The molecule has 0 aromatic carbocycles. The third-order valence-corrected chi connectivity index (χ3v) is 6.34. The van der Waals surface area contributed by atoms with Gasteiger partial charge < -0.3 is 19.1 Å². The first kappa shape index (κ1) is 9.85. The van der Waals surface area contributed by atoms with Gasteiger partial charge in [0.05, 0.1) is 10.6 Å². The zero-order valence-corrected chi connectivity index (χ0v) is 10.9. The van der Waals surface area contributed by atoms with E-state index in [4.69, 9.17) is 14.6 Å². The van der Waals surface area contributed by atoms with Crippen LogP contribution in [0.25, 0.3) is 11.5 Å². The van der Waals surface area contributed by atoms with Gasteiger partial charge in [-0.15, -0.1) is 0 Å². The second kappa shape index (κ2) is 2.65. The molecule has 0 radical (unpaired) electrons. The van der Waals surface area contributed by atoms with E-state index in [-0.39, 0.29) is 6.01 Å². The molecule has 0 saturated heterocycles. The van der Waals surface area contributed by atoms with Gasteiger partial charge in [0.2, 0.25) is 7.14 Å². The number of anilines is 1. The lowest BCUT2D eigenvalue weighted by Crippen LogP contribution is -1.97. The second-order valence-electron chi connectivity index (χ2n) is 4.40. The molecule has 1 unspecified atom stereocenters. The largest absolute Gasteiger partial charge is 0.449 e. The van der Waals surface area contributed by atoms with Crippen LogP contribution >= 0.6 is 18.9 Å². The highest BCUT2D eigenvalue weighted by Gasteiger charge is 2.75. The summed E-state index contributed by atoms with van der Waals surface area (Å²) in [7, 11) is -2.20. The quantitative estimate of drug-likeness (QED) is 0.445. The van der Waals surface area contributed by atoms with Crippen molar-refractivity contribution in [1.29, 1.82) is 0 Å². The van der Waals surface area contributed by atoms with Crippen molar-refractivity contribution in [1.82, 2.24) is 4.98 Å². The minimum absolute atomic E-state index is 0.118. The number of nitrogen functional groups attached to an aromatic ring is 1. The van der Waals surface area contributed by atoms with Gasteiger partial charge in [0, 0.05) is 5.25 Å². The fraction of sp³-hybridized carbons (Fsp3) is 0.300. The molecule has 0 fully saturated rings. The zero-order valence-electron chi connectivity index (χ0n) is 9.18. The number of rotatable bonds is 3. The van der Waals surface area contributed by atoms with Crippen molar-refractivity contribution >= 4 is 41.0 Å². The Balaban J connectivity index is 1.82. The average Bonchev–Trinajstić information content (AvgIpc) is 2.81. The highest BCUT2D eigenvalue weighted by molar-refractivity contribution is 8.06. The van der Waals surface area contributed by atoms with Crippen molar-refractivity contribution in [2.75, 3.05) is 5.73 Å². The highest BCUT2D eigenvalue weighted by Crippen LogP contribution is 2.70. The number of hydrogen-bond acceptors (Lipinski definition) is 6. The monoisotopic (exact) mass is 268 g/mol. The van der Waals surface area contributed by atoms with E-state index in [1.807, 2.05) is 0 Å². The molecule has 2 N–H and O–H groups in total. The van der Waals surface area contributed by atoms with Crippen molar-refractivity contribution in [3.05, 3.63) is 0 Å². The van der Waals surface area contributed by atoms with E-state index in [2.05, 4.69) is 18.8 Å². The van der Waals surface area contributed by atoms with E-state index in [0.717, 1.165) is 10.6 Å². The van der Waals surface area contributed by atoms with Gasteiger partial charge >= 0.3 is 0 Å². The predicted octanol–water partition coefficient (Wildman–Crippen LogP) is 1.28. The summed E-state index contributed by atoms with van der Waals surface area (Å²) in [6, 6.07) is 0.118. The lowest BCUT2D eigenvalue weighted by Gasteiger charge is -2.00. The van der Waals surface area contributed by atoms with Crippen LogP contribution in [0.3, 0.4) is 0 Å². The molecule has 0 spiro atoms. The topological polar surface area (TPSA) is 82.3 Å². The zero-order chi connectivity index (χ0) is 11.9. The van der Waals surface area contributed by atoms with Gasteiger partial charge in [-0.1, -0.05) is 25.6 Å². The Morgan fingerprint density at radius 3 is 2.59 bits per heavy atom. The number of nitrogens with zero attached hydrogens (tertiary/aromatic N) is 1. The summed E-state index contributed by atoms with van der Waals surface area (Å²) in [5, 5.41) is 2.77. The first-order valence-electron chi connectivity index (χ1n) is 5.25. The molecule has 1 atom stereocenters. The molecule has 2 bridgehead atoms. The van der Waals surface area contributed by atoms with Crippen LogP contribution in [0.1, 0.15) is 13.8 Å². The molecule has 5 rings (SSSR count). The molecule has 3 aliphatic heterocycles. The van der Waals surface area contributed by atoms with Crippen molar-refractivity contribution < 1.29 is 13.4 Å². The minimum atomic E-state index is -2.20. The normalized spacial score (nSPS) is 23.0. The van der Waals surface area contributed by atoms with Gasteiger partial charge in [0.15, 0.2) is 22.0 Å². The molecule has 3 aliphatic rings. The van der Waals surface area contributed by atoms with Crippen molar-refractivity contribution in [3.63, 3.8) is 0 Å². The van der Waals surface area contributed by atoms with Crippen LogP contribution in [-0.4, -0.2) is 10.2 Å². The van der Waals surface area contributed by atoms with Crippen LogP contribution in [0, 0.1) is 0 Å². The Morgan fingerprint density at radius 1 is 1.35 bits per heavy atom. The van der Waals surface area contributed by atoms with E-state index >= 15 is 0 Å². The van der Waals surface area contributed by atoms with Gasteiger partial charge in [-0.2, -0.15) is 4.98 Å². The van der Waals surface area contributed by atoms with Crippen LogP contribution in [0.4, 0.5) is 6.01 Å². The fourth-order valence-corrected chi connectivity index (χ4v) is 5.31. The van der Waals surface area contributed by atoms with Gasteiger partial charge in [0.1, 0.15) is 0 Å². The standard InChI is InChI=1S/C10H9N2O3PS/c1-3(2)17-9-4(12-10(11)15-9)5-6-7-8(14-5)16(6,7)13/h3H,1-2H3,(H2,11,12). The van der Waals surface area contributed by atoms with Crippen LogP contribution in [0.15, 0.2) is 13.9 Å². The maximum atomic E-state index is 11.9. The number of aromatic nitrogens is 1. The Morgan fingerprint density at radius 2 is 2.06 bits per heavy atom. The summed E-state index contributed by atoms with van der Waals surface area (Å²) in [5.41, 5.74) is 6.84. The Bertz CT molecular complexity index is 706. The summed E-state index contributed by atoms with van der Waals surface area (Å²) in [6.07, 6.45) is 0. The van der Waals surface area contributed by atoms with Gasteiger partial charge in [-0.3, -0.25) is 0 Å². The number of hydrogen-bond donors (Lipinski definition) is 1. The van der Waals surface area contributed by atoms with E-state index in [9.17, 15) is 4.57 Å². The van der Waals surface area contributed by atoms with Gasteiger partial charge in [0.25, 0.3) is 6.01 Å². The number of furan rings is 1. The summed E-state index contributed by atoms with van der Waals surface area (Å²) in [5.74, 6) is 0.599. The van der Waals surface area contributed by atoms with E-state index in [0.29, 0.717) is 27.3 Å². The second-order valence-corrected chi connectivity index (χ2v) is 8.47. The summed E-state index contributed by atoms with van der Waals surface area (Å²) < 4.78 is 22.8. The first-order chi connectivity index (χ1) is 8.03. The molecule has 2 aromatic heterocycles. The van der Waals surface area contributed by atoms with E-state index in [1.165, 1.54) is 11.8 Å². The third-order valence-electron chi connectivity index (χ3n) is 2.83. The maximum Gasteiger partial charge on any atom is 0.293 e. The van der Waals surface area contributed by atoms with E-state index < -0.39 is 7.14 Å². The van der Waals surface area contributed by atoms with Crippen molar-refractivity contribution in [2.24, 2.45) is 0 Å². The number of nitrogens with two attached hydrogens (primary N) is 1. The molecule has 5 nitrogen and oxygen atoms in total. The Labute approximate surface area is 101 Å². The van der Waals surface area contributed by atoms with Crippen LogP contribution in [-0.2, 0) is 4.57 Å². The van der Waals surface area contributed by atoms with E-state index in [1.54, 1.807) is 0 Å². The molecule has 5 heterocycles. The molecule has 88 valence electrons. The number of oxazole rings is 1. The van der Waals surface area contributed by atoms with Crippen molar-refractivity contribution in [3.8, 4) is 11.5 Å². The lowest BCUT2D eigenvalue weighted by atomic mass is 10.4. The molecular weight excluding hydrogens is 259 g/mol. The number of fused-ring (bicyclic) bond motifs is 1. The van der Waals surface area contributed by atoms with Crippen molar-refractivity contribution in [2.45, 2.75) is 24.2 Å². The lowest BCUT2D eigenvalue weighted by molar-refractivity contribution is 0.488. The Kier molecular flexibility index (Phi) is 1.53. The smallest absolute Gasteiger partial charge is 0.293 e. The van der Waals surface area contributed by atoms with Crippen LogP contribution in [0.5, 0.6) is 0 Å². The fourth-order valence-electron chi connectivity index (χ4n) is 2.02. The summed E-state index contributed by atoms with van der Waals surface area (Å²) >= 11 is 1.53. The molecule has 17 heavy (non-hydrogen) atoms. The van der Waals surface area contributed by atoms with Crippen LogP contribution < -0.4 is 21.8 Å². The molecule has 0 aliphatic carbocycles. The molecule has 7 heteroatoms.